The largest absolute Gasteiger partial charge is 0.494 e. The minimum Gasteiger partial charge on any atom is -0.494 e. The van der Waals surface area contributed by atoms with E-state index in [1.54, 1.807) is 48.7 Å². The SMILES string of the molecule is CCOCc1nc(O)c(CC(=N)/C=C\Nc2ccc(Cl)cc2)c(=O)n1-c1c(OC)cccc1OC. The molecule has 0 amide bonds. The fourth-order valence-electron chi connectivity index (χ4n) is 3.35. The summed E-state index contributed by atoms with van der Waals surface area (Å²) in [4.78, 5) is 17.8. The highest BCUT2D eigenvalue weighted by Crippen LogP contribution is 2.33. The molecule has 184 valence electrons. The van der Waals surface area contributed by atoms with Crippen molar-refractivity contribution in [1.82, 2.24) is 9.55 Å². The van der Waals surface area contributed by atoms with Crippen LogP contribution in [0, 0.1) is 5.41 Å². The summed E-state index contributed by atoms with van der Waals surface area (Å²) in [5, 5.41) is 22.5. The van der Waals surface area contributed by atoms with Crippen molar-refractivity contribution >= 4 is 23.0 Å². The van der Waals surface area contributed by atoms with Crippen molar-refractivity contribution in [2.45, 2.75) is 20.0 Å². The number of halogens is 1. The number of hydrogen-bond acceptors (Lipinski definition) is 8. The number of anilines is 1. The zero-order valence-electron chi connectivity index (χ0n) is 19.7. The summed E-state index contributed by atoms with van der Waals surface area (Å²) in [7, 11) is 2.96. The molecule has 0 atom stereocenters. The quantitative estimate of drug-likeness (QED) is 0.336. The van der Waals surface area contributed by atoms with Crippen LogP contribution < -0.4 is 20.3 Å². The summed E-state index contributed by atoms with van der Waals surface area (Å²) in [5.74, 6) is 0.473. The van der Waals surface area contributed by atoms with Gasteiger partial charge in [-0.2, -0.15) is 4.98 Å². The van der Waals surface area contributed by atoms with E-state index in [0.717, 1.165) is 5.69 Å². The summed E-state index contributed by atoms with van der Waals surface area (Å²) in [6.45, 7) is 2.17. The van der Waals surface area contributed by atoms with Crippen LogP contribution in [-0.2, 0) is 17.8 Å². The number of nitrogens with one attached hydrogen (secondary N) is 2. The number of aromatic hydroxyl groups is 1. The van der Waals surface area contributed by atoms with Crippen molar-refractivity contribution in [3.8, 4) is 23.1 Å². The maximum absolute atomic E-state index is 13.6. The van der Waals surface area contributed by atoms with Crippen LogP contribution in [0.4, 0.5) is 5.69 Å². The molecule has 2 aromatic carbocycles. The summed E-state index contributed by atoms with van der Waals surface area (Å²) in [6.07, 6.45) is 2.92. The van der Waals surface area contributed by atoms with Crippen LogP contribution in [0.5, 0.6) is 17.4 Å². The summed E-state index contributed by atoms with van der Waals surface area (Å²) in [6, 6.07) is 12.2. The molecular weight excluding hydrogens is 472 g/mol. The van der Waals surface area contributed by atoms with E-state index in [4.69, 9.17) is 31.2 Å². The molecule has 0 aliphatic heterocycles. The van der Waals surface area contributed by atoms with Crippen LogP contribution in [0.2, 0.25) is 5.02 Å². The first kappa shape index (κ1) is 25.8. The summed E-state index contributed by atoms with van der Waals surface area (Å²) in [5.41, 5.74) is 0.598. The second kappa shape index (κ2) is 12.0. The van der Waals surface area contributed by atoms with Crippen LogP contribution in [0.15, 0.2) is 59.5 Å². The van der Waals surface area contributed by atoms with Crippen molar-refractivity contribution in [3.05, 3.63) is 81.5 Å². The van der Waals surface area contributed by atoms with Crippen LogP contribution in [0.25, 0.3) is 5.69 Å². The number of ether oxygens (including phenoxy) is 3. The lowest BCUT2D eigenvalue weighted by molar-refractivity contribution is 0.125. The van der Waals surface area contributed by atoms with Gasteiger partial charge < -0.3 is 30.0 Å². The first-order valence-electron chi connectivity index (χ1n) is 10.8. The lowest BCUT2D eigenvalue weighted by Gasteiger charge is -2.19. The molecule has 0 saturated carbocycles. The monoisotopic (exact) mass is 498 g/mol. The predicted molar refractivity (Wildman–Crippen MR) is 136 cm³/mol. The van der Waals surface area contributed by atoms with Gasteiger partial charge in [0.15, 0.2) is 0 Å². The van der Waals surface area contributed by atoms with Crippen molar-refractivity contribution < 1.29 is 19.3 Å². The van der Waals surface area contributed by atoms with E-state index >= 15 is 0 Å². The lowest BCUT2D eigenvalue weighted by atomic mass is 10.1. The maximum Gasteiger partial charge on any atom is 0.265 e. The van der Waals surface area contributed by atoms with E-state index in [9.17, 15) is 9.90 Å². The van der Waals surface area contributed by atoms with Gasteiger partial charge in [-0.1, -0.05) is 17.7 Å². The third-order valence-corrected chi connectivity index (χ3v) is 5.28. The molecule has 0 radical (unpaired) electrons. The van der Waals surface area contributed by atoms with Gasteiger partial charge in [-0.3, -0.25) is 9.36 Å². The molecule has 1 aromatic heterocycles. The van der Waals surface area contributed by atoms with Gasteiger partial charge in [0, 0.05) is 35.6 Å². The van der Waals surface area contributed by atoms with Crippen molar-refractivity contribution in [3.63, 3.8) is 0 Å². The van der Waals surface area contributed by atoms with Gasteiger partial charge in [-0.05, 0) is 49.4 Å². The smallest absolute Gasteiger partial charge is 0.265 e. The van der Waals surface area contributed by atoms with Gasteiger partial charge in [0.1, 0.15) is 29.6 Å². The molecule has 0 aliphatic rings. The molecule has 1 heterocycles. The lowest BCUT2D eigenvalue weighted by Crippen LogP contribution is -2.29. The van der Waals surface area contributed by atoms with Crippen molar-refractivity contribution in [2.75, 3.05) is 26.1 Å². The van der Waals surface area contributed by atoms with Crippen LogP contribution in [0.1, 0.15) is 18.3 Å². The highest BCUT2D eigenvalue weighted by atomic mass is 35.5. The van der Waals surface area contributed by atoms with Crippen molar-refractivity contribution in [2.24, 2.45) is 0 Å². The zero-order valence-corrected chi connectivity index (χ0v) is 20.4. The Morgan fingerprint density at radius 2 is 1.83 bits per heavy atom. The Morgan fingerprint density at radius 1 is 1.17 bits per heavy atom. The second-order valence-electron chi connectivity index (χ2n) is 7.31. The van der Waals surface area contributed by atoms with Crippen LogP contribution in [-0.4, -0.2) is 41.2 Å². The van der Waals surface area contributed by atoms with E-state index in [-0.39, 0.29) is 30.1 Å². The second-order valence-corrected chi connectivity index (χ2v) is 7.74. The molecule has 0 bridgehead atoms. The summed E-state index contributed by atoms with van der Waals surface area (Å²) < 4.78 is 17.7. The average molecular weight is 499 g/mol. The highest BCUT2D eigenvalue weighted by Gasteiger charge is 2.23. The normalized spacial score (nSPS) is 11.0. The van der Waals surface area contributed by atoms with E-state index in [1.165, 1.54) is 24.9 Å². The molecule has 3 aromatic rings. The minimum atomic E-state index is -0.557. The van der Waals surface area contributed by atoms with Crippen molar-refractivity contribution in [1.29, 1.82) is 5.41 Å². The Morgan fingerprint density at radius 3 is 2.43 bits per heavy atom. The topological polar surface area (TPSA) is 119 Å². The predicted octanol–water partition coefficient (Wildman–Crippen LogP) is 4.33. The number of benzene rings is 2. The first-order valence-corrected chi connectivity index (χ1v) is 11.2. The van der Waals surface area contributed by atoms with Gasteiger partial charge >= 0.3 is 0 Å². The molecule has 0 spiro atoms. The average Bonchev–Trinajstić information content (AvgIpc) is 2.86. The zero-order chi connectivity index (χ0) is 25.4. The number of para-hydroxylation sites is 1. The molecule has 35 heavy (non-hydrogen) atoms. The molecule has 0 aliphatic carbocycles. The fourth-order valence-corrected chi connectivity index (χ4v) is 3.47. The number of allylic oxidation sites excluding steroid dienone is 1. The van der Waals surface area contributed by atoms with Gasteiger partial charge in [-0.15, -0.1) is 0 Å². The number of aromatic nitrogens is 2. The molecule has 3 rings (SSSR count). The van der Waals surface area contributed by atoms with Gasteiger partial charge in [-0.25, -0.2) is 0 Å². The third-order valence-electron chi connectivity index (χ3n) is 5.03. The van der Waals surface area contributed by atoms with E-state index in [1.807, 2.05) is 6.92 Å². The van der Waals surface area contributed by atoms with E-state index in [0.29, 0.717) is 28.8 Å². The molecule has 3 N–H and O–H groups in total. The molecule has 9 nitrogen and oxygen atoms in total. The van der Waals surface area contributed by atoms with Gasteiger partial charge in [0.05, 0.1) is 19.8 Å². The fraction of sp³-hybridized carbons (Fsp3) is 0.240. The number of nitrogens with zero attached hydrogens (tertiary/aromatic N) is 2. The highest BCUT2D eigenvalue weighted by molar-refractivity contribution is 6.30. The van der Waals surface area contributed by atoms with Gasteiger partial charge in [0.25, 0.3) is 5.56 Å². The Bertz CT molecular complexity index is 1250. The number of rotatable bonds is 11. The standard InChI is InChI=1S/C25H27ClN4O5/c1-4-35-15-22-29-24(31)19(14-17(27)12-13-28-18-10-8-16(26)9-11-18)25(32)30(22)23-20(33-2)6-5-7-21(23)34-3/h5-13,27-28,31H,4,14-15H2,1-3H3/b13-12-,27-17?. The van der Waals surface area contributed by atoms with Gasteiger partial charge in [0.2, 0.25) is 5.88 Å². The third kappa shape index (κ3) is 6.20. The first-order chi connectivity index (χ1) is 16.9. The van der Waals surface area contributed by atoms with Crippen LogP contribution >= 0.6 is 11.6 Å². The number of methoxy groups -OCH3 is 2. The Balaban J connectivity index is 1.99. The molecule has 0 unspecified atom stereocenters. The Hall–Kier alpha value is -3.82. The summed E-state index contributed by atoms with van der Waals surface area (Å²) >= 11 is 5.89. The Labute approximate surface area is 208 Å². The maximum atomic E-state index is 13.6. The van der Waals surface area contributed by atoms with Crippen LogP contribution in [0.3, 0.4) is 0 Å². The molecule has 10 heteroatoms. The molecule has 0 saturated heterocycles. The van der Waals surface area contributed by atoms with E-state index in [2.05, 4.69) is 10.3 Å². The van der Waals surface area contributed by atoms with E-state index < -0.39 is 11.4 Å². The number of hydrogen-bond donors (Lipinski definition) is 3. The Kier molecular flexibility index (Phi) is 8.88. The molecular formula is C25H27ClN4O5. The minimum absolute atomic E-state index is 0.0247. The molecule has 0 fully saturated rings.